The van der Waals surface area contributed by atoms with Crippen LogP contribution in [0.5, 0.6) is 0 Å². The summed E-state index contributed by atoms with van der Waals surface area (Å²) in [6.45, 7) is 5.43. The van der Waals surface area contributed by atoms with E-state index in [1.54, 1.807) is 0 Å². The summed E-state index contributed by atoms with van der Waals surface area (Å²) in [5.41, 5.74) is 0. The number of carbonyl (C=O) groups is 2. The van der Waals surface area contributed by atoms with Gasteiger partial charge in [-0.15, -0.1) is 0 Å². The van der Waals surface area contributed by atoms with E-state index in [0.717, 1.165) is 12.8 Å². The van der Waals surface area contributed by atoms with E-state index in [2.05, 4.69) is 13.8 Å². The Hall–Kier alpha value is -0.900. The van der Waals surface area contributed by atoms with Crippen LogP contribution < -0.4 is 0 Å². The molecule has 3 fully saturated rings. The van der Waals surface area contributed by atoms with Crippen LogP contribution in [0.4, 0.5) is 0 Å². The lowest BCUT2D eigenvalue weighted by Gasteiger charge is -2.37. The van der Waals surface area contributed by atoms with E-state index in [-0.39, 0.29) is 29.8 Å². The maximum Gasteiger partial charge on any atom is 0.309 e. The molecule has 2 unspecified atom stereocenters. The Morgan fingerprint density at radius 2 is 1.57 bits per heavy atom. The molecule has 3 aliphatic rings. The summed E-state index contributed by atoms with van der Waals surface area (Å²) in [7, 11) is 0. The van der Waals surface area contributed by atoms with Crippen molar-refractivity contribution in [3.8, 4) is 0 Å². The van der Waals surface area contributed by atoms with Gasteiger partial charge in [-0.2, -0.15) is 0 Å². The van der Waals surface area contributed by atoms with Crippen molar-refractivity contribution in [1.82, 2.24) is 0 Å². The Labute approximate surface area is 126 Å². The number of hydrogen-bond acceptors (Lipinski definition) is 4. The van der Waals surface area contributed by atoms with Gasteiger partial charge in [-0.25, -0.2) is 0 Å². The predicted molar refractivity (Wildman–Crippen MR) is 77.6 cm³/mol. The maximum atomic E-state index is 12.4. The van der Waals surface area contributed by atoms with Crippen molar-refractivity contribution < 1.29 is 19.1 Å². The molecular weight excluding hydrogens is 268 g/mol. The molecule has 1 saturated heterocycles. The third kappa shape index (κ3) is 3.31. The molecule has 0 spiro atoms. The molecule has 0 aromatic carbocycles. The molecule has 21 heavy (non-hydrogen) atoms. The normalized spacial score (nSPS) is 43.4. The largest absolute Gasteiger partial charge is 0.462 e. The van der Waals surface area contributed by atoms with E-state index in [0.29, 0.717) is 43.7 Å². The summed E-state index contributed by atoms with van der Waals surface area (Å²) < 4.78 is 11.2. The zero-order chi connectivity index (χ0) is 15.0. The van der Waals surface area contributed by atoms with Crippen LogP contribution >= 0.6 is 0 Å². The van der Waals surface area contributed by atoms with Crippen molar-refractivity contribution in [2.75, 3.05) is 13.2 Å². The van der Waals surface area contributed by atoms with Crippen LogP contribution in [0, 0.1) is 29.6 Å². The van der Waals surface area contributed by atoms with Crippen molar-refractivity contribution in [1.29, 1.82) is 0 Å². The Bertz CT molecular complexity index is 393. The van der Waals surface area contributed by atoms with Crippen molar-refractivity contribution >= 4 is 11.8 Å². The Balaban J connectivity index is 1.57. The molecule has 0 amide bonds. The summed E-state index contributed by atoms with van der Waals surface area (Å²) in [6.07, 6.45) is 4.51. The molecule has 4 heteroatoms. The second kappa shape index (κ2) is 6.07. The number of esters is 1. The quantitative estimate of drug-likeness (QED) is 0.735. The lowest BCUT2D eigenvalue weighted by Crippen LogP contribution is -2.45. The van der Waals surface area contributed by atoms with Gasteiger partial charge in [0.2, 0.25) is 0 Å². The zero-order valence-corrected chi connectivity index (χ0v) is 13.0. The summed E-state index contributed by atoms with van der Waals surface area (Å²) >= 11 is 0. The Morgan fingerprint density at radius 1 is 1.00 bits per heavy atom. The molecule has 1 heterocycles. The summed E-state index contributed by atoms with van der Waals surface area (Å²) in [5, 5.41) is 0. The van der Waals surface area contributed by atoms with Gasteiger partial charge in [0.15, 0.2) is 0 Å². The average molecular weight is 294 g/mol. The van der Waals surface area contributed by atoms with Gasteiger partial charge in [-0.05, 0) is 43.9 Å². The van der Waals surface area contributed by atoms with E-state index in [9.17, 15) is 9.59 Å². The second-order valence-corrected chi connectivity index (χ2v) is 7.48. The van der Waals surface area contributed by atoms with Crippen LogP contribution in [0.1, 0.15) is 46.0 Å². The summed E-state index contributed by atoms with van der Waals surface area (Å²) in [4.78, 5) is 24.5. The van der Waals surface area contributed by atoms with Gasteiger partial charge in [0.1, 0.15) is 11.9 Å². The molecular formula is C17H26O4. The van der Waals surface area contributed by atoms with Crippen LogP contribution in [-0.2, 0) is 19.1 Å². The molecule has 6 atom stereocenters. The van der Waals surface area contributed by atoms with Crippen molar-refractivity contribution in [3.05, 3.63) is 0 Å². The average Bonchev–Trinajstić information content (AvgIpc) is 2.36. The first-order valence-electron chi connectivity index (χ1n) is 8.35. The van der Waals surface area contributed by atoms with Crippen LogP contribution in [-0.4, -0.2) is 31.1 Å². The minimum absolute atomic E-state index is 0.0740. The van der Waals surface area contributed by atoms with Crippen LogP contribution in [0.25, 0.3) is 0 Å². The molecule has 3 rings (SSSR count). The molecule has 1 aliphatic heterocycles. The number of carbonyl (C=O) groups excluding carboxylic acids is 2. The first-order chi connectivity index (χ1) is 10.0. The molecule has 0 N–H and O–H groups in total. The Morgan fingerprint density at radius 3 is 2.14 bits per heavy atom. The highest BCUT2D eigenvalue weighted by atomic mass is 16.5. The van der Waals surface area contributed by atoms with Crippen molar-refractivity contribution in [2.45, 2.75) is 52.1 Å². The third-order valence-electron chi connectivity index (χ3n) is 5.33. The van der Waals surface area contributed by atoms with E-state index in [1.165, 1.54) is 6.42 Å². The van der Waals surface area contributed by atoms with Gasteiger partial charge < -0.3 is 9.47 Å². The minimum atomic E-state index is -0.103. The number of fused-ring (bicyclic) bond motifs is 2. The predicted octanol–water partition coefficient (Wildman–Crippen LogP) is 2.60. The molecule has 2 saturated carbocycles. The number of hydrogen-bond donors (Lipinski definition) is 0. The van der Waals surface area contributed by atoms with Crippen LogP contribution in [0.15, 0.2) is 0 Å². The van der Waals surface area contributed by atoms with Crippen LogP contribution in [0.2, 0.25) is 0 Å². The van der Waals surface area contributed by atoms with Gasteiger partial charge in [-0.1, -0.05) is 13.8 Å². The number of ketones is 1. The van der Waals surface area contributed by atoms with E-state index in [1.807, 2.05) is 0 Å². The van der Waals surface area contributed by atoms with Gasteiger partial charge in [-0.3, -0.25) is 9.59 Å². The zero-order valence-electron chi connectivity index (χ0n) is 13.0. The topological polar surface area (TPSA) is 52.6 Å². The first kappa shape index (κ1) is 15.0. The smallest absolute Gasteiger partial charge is 0.309 e. The highest BCUT2D eigenvalue weighted by Gasteiger charge is 2.43. The van der Waals surface area contributed by atoms with Gasteiger partial charge >= 0.3 is 5.97 Å². The number of rotatable bonds is 2. The molecule has 2 aliphatic carbocycles. The lowest BCUT2D eigenvalue weighted by atomic mass is 9.73. The molecule has 4 nitrogen and oxygen atoms in total. The van der Waals surface area contributed by atoms with Crippen LogP contribution in [0.3, 0.4) is 0 Å². The monoisotopic (exact) mass is 294 g/mol. The fraction of sp³-hybridized carbons (Fsp3) is 0.882. The van der Waals surface area contributed by atoms with E-state index >= 15 is 0 Å². The molecule has 0 aromatic rings. The lowest BCUT2D eigenvalue weighted by molar-refractivity contribution is -0.164. The maximum absolute atomic E-state index is 12.4. The molecule has 2 bridgehead atoms. The summed E-state index contributed by atoms with van der Waals surface area (Å²) in [5.74, 6) is 1.21. The molecule has 0 radical (unpaired) electrons. The minimum Gasteiger partial charge on any atom is -0.462 e. The third-order valence-corrected chi connectivity index (χ3v) is 5.33. The molecule has 118 valence electrons. The first-order valence-corrected chi connectivity index (χ1v) is 8.35. The van der Waals surface area contributed by atoms with Gasteiger partial charge in [0.05, 0.1) is 19.1 Å². The van der Waals surface area contributed by atoms with E-state index in [4.69, 9.17) is 9.47 Å². The Kier molecular flexibility index (Phi) is 4.34. The second-order valence-electron chi connectivity index (χ2n) is 7.48. The van der Waals surface area contributed by atoms with Gasteiger partial charge in [0.25, 0.3) is 0 Å². The van der Waals surface area contributed by atoms with Crippen molar-refractivity contribution in [3.63, 3.8) is 0 Å². The number of Topliss-reactive ketones (excluding diaryl/α,β-unsaturated/α-hetero) is 1. The SMILES string of the molecule is C[C@@H]1CC(OC(=O)C2C[C@H]3COC[C@@H](C2)C3=O)C[C@H](C)C1. The number of ether oxygens (including phenoxy) is 2. The van der Waals surface area contributed by atoms with Crippen molar-refractivity contribution in [2.24, 2.45) is 29.6 Å². The van der Waals surface area contributed by atoms with E-state index < -0.39 is 0 Å². The van der Waals surface area contributed by atoms with Gasteiger partial charge in [0, 0.05) is 11.8 Å². The molecule has 0 aromatic heterocycles. The fourth-order valence-electron chi connectivity index (χ4n) is 4.42. The fourth-order valence-corrected chi connectivity index (χ4v) is 4.42. The highest BCUT2D eigenvalue weighted by Crippen LogP contribution is 2.36. The standard InChI is InChI=1S/C17H26O4/c1-10-3-11(2)5-15(4-10)21-17(19)12-6-13-8-20-9-14(7-12)16(13)18/h10-15H,3-9H2,1-2H3/t10-,11+,12?,13-,14+,15?. The highest BCUT2D eigenvalue weighted by molar-refractivity contribution is 5.87. The summed E-state index contributed by atoms with van der Waals surface area (Å²) in [6, 6.07) is 0.